The molecule has 1 aromatic carbocycles. The summed E-state index contributed by atoms with van der Waals surface area (Å²) in [6.45, 7) is 6.26. The number of aliphatic hydroxyl groups is 1. The van der Waals surface area contributed by atoms with Gasteiger partial charge in [-0.2, -0.15) is 0 Å². The summed E-state index contributed by atoms with van der Waals surface area (Å²) >= 11 is 1.42. The molecule has 0 spiro atoms. The number of ether oxygens (including phenoxy) is 1. The van der Waals surface area contributed by atoms with Crippen molar-refractivity contribution in [1.29, 1.82) is 5.41 Å². The van der Waals surface area contributed by atoms with Crippen LogP contribution in [-0.4, -0.2) is 39.4 Å². The van der Waals surface area contributed by atoms with Gasteiger partial charge in [0.05, 0.1) is 23.8 Å². The van der Waals surface area contributed by atoms with Gasteiger partial charge in [-0.15, -0.1) is 11.3 Å². The minimum Gasteiger partial charge on any atom is -0.510 e. The lowest BCUT2D eigenvalue weighted by Crippen LogP contribution is -2.26. The minimum atomic E-state index is -0.346. The van der Waals surface area contributed by atoms with Crippen LogP contribution < -0.4 is 0 Å². The van der Waals surface area contributed by atoms with Crippen molar-refractivity contribution >= 4 is 28.7 Å². The van der Waals surface area contributed by atoms with Gasteiger partial charge in [0.1, 0.15) is 16.6 Å². The highest BCUT2D eigenvalue weighted by Crippen LogP contribution is 2.30. The third-order valence-corrected chi connectivity index (χ3v) is 4.90. The number of rotatable bonds is 5. The van der Waals surface area contributed by atoms with E-state index in [1.54, 1.807) is 17.0 Å². The second-order valence-corrected chi connectivity index (χ2v) is 7.33. The lowest BCUT2D eigenvalue weighted by atomic mass is 10.1. The highest BCUT2D eigenvalue weighted by Gasteiger charge is 2.30. The number of esters is 1. The van der Waals surface area contributed by atoms with E-state index in [0.717, 1.165) is 11.3 Å². The summed E-state index contributed by atoms with van der Waals surface area (Å²) < 4.78 is 5.18. The van der Waals surface area contributed by atoms with Crippen molar-refractivity contribution in [3.8, 4) is 0 Å². The van der Waals surface area contributed by atoms with Crippen molar-refractivity contribution in [2.45, 2.75) is 33.4 Å². The fraction of sp³-hybridized carbons (Fsp3) is 0.316. The zero-order valence-electron chi connectivity index (χ0n) is 14.9. The number of aliphatic hydroxyl groups excluding tert-OH is 1. The molecule has 2 aromatic rings. The molecule has 0 saturated heterocycles. The van der Waals surface area contributed by atoms with Crippen LogP contribution in [0.4, 0.5) is 0 Å². The number of hydrogen-bond donors (Lipinski definition) is 2. The molecular weight excluding hydrogens is 350 g/mol. The second kappa shape index (κ2) is 7.29. The zero-order chi connectivity index (χ0) is 18.8. The molecule has 0 amide bonds. The standard InChI is InChI=1S/C19H21N3O3S/c1-11(2)25-19(24)14-6-4-13(5-7-14)8-22-9-15(23)16(17(22)20)18-21-12(3)10-26-18/h4-7,10-11,20,23H,8-9H2,1-3H3. The Morgan fingerprint density at radius 3 is 2.65 bits per heavy atom. The number of carbonyl (C=O) groups excluding carboxylic acids is 1. The van der Waals surface area contributed by atoms with E-state index >= 15 is 0 Å². The van der Waals surface area contributed by atoms with Crippen LogP contribution in [0.3, 0.4) is 0 Å². The summed E-state index contributed by atoms with van der Waals surface area (Å²) in [6, 6.07) is 7.12. The van der Waals surface area contributed by atoms with Gasteiger partial charge in [0.15, 0.2) is 0 Å². The Hall–Kier alpha value is -2.67. The molecule has 0 radical (unpaired) electrons. The number of hydrogen-bond acceptors (Lipinski definition) is 6. The van der Waals surface area contributed by atoms with Gasteiger partial charge >= 0.3 is 5.97 Å². The SMILES string of the molecule is Cc1csc(C2=C(O)CN(Cc3ccc(C(=O)OC(C)C)cc3)C2=N)n1. The maximum Gasteiger partial charge on any atom is 0.338 e. The largest absolute Gasteiger partial charge is 0.510 e. The first-order valence-corrected chi connectivity index (χ1v) is 9.21. The van der Waals surface area contributed by atoms with E-state index in [1.807, 2.05) is 38.3 Å². The van der Waals surface area contributed by atoms with Crippen molar-refractivity contribution in [2.75, 3.05) is 6.54 Å². The van der Waals surface area contributed by atoms with Gasteiger partial charge in [0.2, 0.25) is 0 Å². The Morgan fingerprint density at radius 2 is 2.08 bits per heavy atom. The lowest BCUT2D eigenvalue weighted by Gasteiger charge is -2.18. The fourth-order valence-corrected chi connectivity index (χ4v) is 3.57. The molecule has 0 fully saturated rings. The zero-order valence-corrected chi connectivity index (χ0v) is 15.8. The van der Waals surface area contributed by atoms with Crippen LogP contribution in [0.25, 0.3) is 5.57 Å². The van der Waals surface area contributed by atoms with Gasteiger partial charge in [0, 0.05) is 17.6 Å². The first-order chi connectivity index (χ1) is 12.3. The minimum absolute atomic E-state index is 0.158. The molecule has 0 atom stereocenters. The molecule has 3 rings (SSSR count). The van der Waals surface area contributed by atoms with Crippen LogP contribution in [0.5, 0.6) is 0 Å². The van der Waals surface area contributed by atoms with E-state index in [1.165, 1.54) is 11.3 Å². The summed E-state index contributed by atoms with van der Waals surface area (Å²) in [4.78, 5) is 18.0. The number of aryl methyl sites for hydroxylation is 1. The van der Waals surface area contributed by atoms with Crippen molar-refractivity contribution < 1.29 is 14.6 Å². The van der Waals surface area contributed by atoms with E-state index in [2.05, 4.69) is 4.98 Å². The molecule has 7 heteroatoms. The average Bonchev–Trinajstić information content (AvgIpc) is 3.11. The molecule has 6 nitrogen and oxygen atoms in total. The van der Waals surface area contributed by atoms with E-state index in [0.29, 0.717) is 22.7 Å². The molecule has 1 aliphatic rings. The van der Waals surface area contributed by atoms with Crippen molar-refractivity contribution in [3.63, 3.8) is 0 Å². The Kier molecular flexibility index (Phi) is 5.08. The van der Waals surface area contributed by atoms with Gasteiger partial charge in [0.25, 0.3) is 0 Å². The number of carbonyl (C=O) groups is 1. The predicted molar refractivity (Wildman–Crippen MR) is 102 cm³/mol. The molecule has 0 aliphatic carbocycles. The molecule has 2 heterocycles. The normalized spacial score (nSPS) is 14.5. The first kappa shape index (κ1) is 18.1. The Labute approximate surface area is 156 Å². The number of nitrogens with one attached hydrogen (secondary N) is 1. The molecule has 26 heavy (non-hydrogen) atoms. The number of thiazole rings is 1. The monoisotopic (exact) mass is 371 g/mol. The van der Waals surface area contributed by atoms with Crippen LogP contribution in [-0.2, 0) is 11.3 Å². The fourth-order valence-electron chi connectivity index (χ4n) is 2.71. The van der Waals surface area contributed by atoms with Crippen molar-refractivity contribution in [1.82, 2.24) is 9.88 Å². The Balaban J connectivity index is 1.69. The smallest absolute Gasteiger partial charge is 0.338 e. The molecule has 1 aromatic heterocycles. The van der Waals surface area contributed by atoms with E-state index < -0.39 is 0 Å². The Bertz CT molecular complexity index is 868. The molecular formula is C19H21N3O3S. The highest BCUT2D eigenvalue weighted by atomic mass is 32.1. The quantitative estimate of drug-likeness (QED) is 0.781. The predicted octanol–water partition coefficient (Wildman–Crippen LogP) is 3.78. The topological polar surface area (TPSA) is 86.5 Å². The van der Waals surface area contributed by atoms with Crippen LogP contribution >= 0.6 is 11.3 Å². The van der Waals surface area contributed by atoms with Gasteiger partial charge in [-0.25, -0.2) is 9.78 Å². The number of benzene rings is 1. The third kappa shape index (κ3) is 3.77. The molecule has 1 aliphatic heterocycles. The lowest BCUT2D eigenvalue weighted by molar-refractivity contribution is 0.0378. The summed E-state index contributed by atoms with van der Waals surface area (Å²) in [6.07, 6.45) is -0.158. The summed E-state index contributed by atoms with van der Waals surface area (Å²) in [5.41, 5.74) is 2.82. The molecule has 2 N–H and O–H groups in total. The summed E-state index contributed by atoms with van der Waals surface area (Å²) in [5.74, 6) is 0.0860. The third-order valence-electron chi connectivity index (χ3n) is 3.92. The summed E-state index contributed by atoms with van der Waals surface area (Å²) in [7, 11) is 0. The summed E-state index contributed by atoms with van der Waals surface area (Å²) in [5, 5.41) is 21.2. The molecule has 0 unspecified atom stereocenters. The second-order valence-electron chi connectivity index (χ2n) is 6.47. The van der Waals surface area contributed by atoms with Crippen LogP contribution in [0.1, 0.15) is 40.5 Å². The maximum absolute atomic E-state index is 11.9. The van der Waals surface area contributed by atoms with Gasteiger partial charge in [-0.05, 0) is 38.5 Å². The first-order valence-electron chi connectivity index (χ1n) is 8.33. The Morgan fingerprint density at radius 1 is 1.38 bits per heavy atom. The van der Waals surface area contributed by atoms with Crippen LogP contribution in [0, 0.1) is 12.3 Å². The van der Waals surface area contributed by atoms with Crippen molar-refractivity contribution in [3.05, 3.63) is 57.2 Å². The van der Waals surface area contributed by atoms with Gasteiger partial charge in [-0.3, -0.25) is 5.41 Å². The van der Waals surface area contributed by atoms with E-state index in [-0.39, 0.29) is 30.2 Å². The number of amidine groups is 1. The maximum atomic E-state index is 11.9. The molecule has 0 bridgehead atoms. The number of aromatic nitrogens is 1. The van der Waals surface area contributed by atoms with Gasteiger partial charge in [-0.1, -0.05) is 12.1 Å². The van der Waals surface area contributed by atoms with Gasteiger partial charge < -0.3 is 14.7 Å². The number of nitrogens with zero attached hydrogens (tertiary/aromatic N) is 2. The molecule has 136 valence electrons. The molecule has 0 saturated carbocycles. The van der Waals surface area contributed by atoms with E-state index in [4.69, 9.17) is 10.1 Å². The average molecular weight is 371 g/mol. The van der Waals surface area contributed by atoms with Crippen LogP contribution in [0.15, 0.2) is 35.4 Å². The highest BCUT2D eigenvalue weighted by molar-refractivity contribution is 7.11. The van der Waals surface area contributed by atoms with E-state index in [9.17, 15) is 9.90 Å². The van der Waals surface area contributed by atoms with Crippen molar-refractivity contribution in [2.24, 2.45) is 0 Å². The van der Waals surface area contributed by atoms with Crippen LogP contribution in [0.2, 0.25) is 0 Å².